The highest BCUT2D eigenvalue weighted by Crippen LogP contribution is 2.39. The molecule has 1 aromatic carbocycles. The number of nitrogens with zero attached hydrogens (tertiary/aromatic N) is 1. The number of ether oxygens (including phenoxy) is 2. The van der Waals surface area contributed by atoms with Crippen molar-refractivity contribution < 1.29 is 9.47 Å². The van der Waals surface area contributed by atoms with Crippen LogP contribution < -0.4 is 15.0 Å². The first kappa shape index (κ1) is 12.9. The lowest BCUT2D eigenvalue weighted by atomic mass is 10.0. The molecule has 0 bridgehead atoms. The van der Waals surface area contributed by atoms with E-state index in [1.165, 1.54) is 0 Å². The molecule has 1 N–H and O–H groups in total. The van der Waals surface area contributed by atoms with Crippen molar-refractivity contribution in [1.29, 1.82) is 0 Å². The summed E-state index contributed by atoms with van der Waals surface area (Å²) in [4.78, 5) is 19.8. The van der Waals surface area contributed by atoms with E-state index in [1.807, 2.05) is 18.2 Å². The number of aromatic nitrogens is 2. The Kier molecular flexibility index (Phi) is 2.69. The molecule has 0 aliphatic heterocycles. The van der Waals surface area contributed by atoms with E-state index in [0.717, 1.165) is 27.9 Å². The maximum absolute atomic E-state index is 12.4. The second kappa shape index (κ2) is 4.59. The quantitative estimate of drug-likeness (QED) is 0.617. The molecule has 0 radical (unpaired) electrons. The molecule has 110 valence electrons. The van der Waals surface area contributed by atoms with Crippen molar-refractivity contribution in [3.05, 3.63) is 52.1 Å². The fourth-order valence-electron chi connectivity index (χ4n) is 3.09. The van der Waals surface area contributed by atoms with Gasteiger partial charge < -0.3 is 14.5 Å². The Bertz CT molecular complexity index is 960. The molecule has 2 heterocycles. The van der Waals surface area contributed by atoms with Crippen LogP contribution in [0.15, 0.2) is 35.3 Å². The van der Waals surface area contributed by atoms with Gasteiger partial charge in [-0.2, -0.15) is 0 Å². The molecule has 3 aromatic rings. The van der Waals surface area contributed by atoms with Gasteiger partial charge in [-0.05, 0) is 35.2 Å². The smallest absolute Gasteiger partial charge is 0.256 e. The van der Waals surface area contributed by atoms with E-state index in [2.05, 4.69) is 9.97 Å². The molecule has 0 saturated heterocycles. The first-order valence-corrected chi connectivity index (χ1v) is 6.98. The van der Waals surface area contributed by atoms with Crippen LogP contribution >= 0.6 is 0 Å². The van der Waals surface area contributed by atoms with Crippen LogP contribution in [-0.4, -0.2) is 24.2 Å². The van der Waals surface area contributed by atoms with E-state index in [0.29, 0.717) is 23.3 Å². The van der Waals surface area contributed by atoms with Crippen molar-refractivity contribution in [2.45, 2.75) is 6.42 Å². The lowest BCUT2D eigenvalue weighted by Gasteiger charge is -2.11. The van der Waals surface area contributed by atoms with E-state index in [-0.39, 0.29) is 5.56 Å². The lowest BCUT2D eigenvalue weighted by Crippen LogP contribution is -2.09. The van der Waals surface area contributed by atoms with E-state index in [9.17, 15) is 4.79 Å². The first-order valence-electron chi connectivity index (χ1n) is 6.98. The Balaban J connectivity index is 2.09. The number of nitrogens with one attached hydrogen (secondary N) is 1. The molecule has 0 amide bonds. The highest BCUT2D eigenvalue weighted by atomic mass is 16.5. The molecule has 4 rings (SSSR count). The number of pyridine rings is 2. The van der Waals surface area contributed by atoms with Crippen molar-refractivity contribution in [3.8, 4) is 22.8 Å². The first-order chi connectivity index (χ1) is 10.7. The summed E-state index contributed by atoms with van der Waals surface area (Å²) in [5, 5.41) is 1.48. The third-order valence-corrected chi connectivity index (χ3v) is 4.14. The summed E-state index contributed by atoms with van der Waals surface area (Å²) in [5.74, 6) is 1.17. The van der Waals surface area contributed by atoms with Crippen LogP contribution in [0.1, 0.15) is 11.3 Å². The molecule has 0 atom stereocenters. The van der Waals surface area contributed by atoms with Gasteiger partial charge in [-0.3, -0.25) is 9.78 Å². The molecular weight excluding hydrogens is 280 g/mol. The molecule has 2 aromatic heterocycles. The van der Waals surface area contributed by atoms with Crippen molar-refractivity contribution in [2.75, 3.05) is 14.2 Å². The zero-order valence-electron chi connectivity index (χ0n) is 12.3. The van der Waals surface area contributed by atoms with Crippen LogP contribution in [0.3, 0.4) is 0 Å². The molecule has 5 heteroatoms. The maximum atomic E-state index is 12.4. The van der Waals surface area contributed by atoms with Crippen LogP contribution in [0.5, 0.6) is 11.5 Å². The third-order valence-electron chi connectivity index (χ3n) is 4.14. The molecule has 0 saturated carbocycles. The minimum Gasteiger partial charge on any atom is -0.493 e. The number of hydrogen-bond donors (Lipinski definition) is 1. The molecule has 1 aliphatic carbocycles. The van der Waals surface area contributed by atoms with Crippen molar-refractivity contribution >= 4 is 10.8 Å². The van der Waals surface area contributed by atoms with Crippen molar-refractivity contribution in [1.82, 2.24) is 9.97 Å². The fraction of sp³-hybridized carbons (Fsp3) is 0.176. The molecule has 22 heavy (non-hydrogen) atoms. The highest BCUT2D eigenvalue weighted by Gasteiger charge is 2.24. The van der Waals surface area contributed by atoms with Gasteiger partial charge in [0.15, 0.2) is 11.5 Å². The highest BCUT2D eigenvalue weighted by molar-refractivity contribution is 5.94. The van der Waals surface area contributed by atoms with Crippen LogP contribution in [0.25, 0.3) is 22.0 Å². The van der Waals surface area contributed by atoms with Crippen LogP contribution in [-0.2, 0) is 6.42 Å². The number of rotatable bonds is 2. The predicted octanol–water partition coefficient (Wildman–Crippen LogP) is 2.51. The second-order valence-corrected chi connectivity index (χ2v) is 5.23. The predicted molar refractivity (Wildman–Crippen MR) is 83.7 cm³/mol. The van der Waals surface area contributed by atoms with Crippen LogP contribution in [0, 0.1) is 0 Å². The van der Waals surface area contributed by atoms with Gasteiger partial charge in [-0.15, -0.1) is 0 Å². The summed E-state index contributed by atoms with van der Waals surface area (Å²) in [5.41, 5.74) is 3.77. The zero-order valence-corrected chi connectivity index (χ0v) is 12.3. The van der Waals surface area contributed by atoms with Gasteiger partial charge in [0.2, 0.25) is 0 Å². The van der Waals surface area contributed by atoms with Gasteiger partial charge in [0.1, 0.15) is 0 Å². The van der Waals surface area contributed by atoms with Gasteiger partial charge in [0, 0.05) is 18.2 Å². The second-order valence-electron chi connectivity index (χ2n) is 5.23. The normalized spacial score (nSPS) is 12.1. The number of H-pyrrole nitrogens is 1. The van der Waals surface area contributed by atoms with Gasteiger partial charge in [-0.25, -0.2) is 0 Å². The minimum absolute atomic E-state index is 0.133. The van der Waals surface area contributed by atoms with Crippen LogP contribution in [0.4, 0.5) is 0 Å². The molecule has 0 spiro atoms. The Hall–Kier alpha value is -2.82. The van der Waals surface area contributed by atoms with Crippen LogP contribution in [0.2, 0.25) is 0 Å². The Labute approximate surface area is 126 Å². The fourth-order valence-corrected chi connectivity index (χ4v) is 3.09. The average molecular weight is 294 g/mol. The minimum atomic E-state index is -0.133. The molecule has 0 fully saturated rings. The summed E-state index contributed by atoms with van der Waals surface area (Å²) in [6, 6.07) is 7.46. The molecule has 0 unspecified atom stereocenters. The monoisotopic (exact) mass is 294 g/mol. The zero-order chi connectivity index (χ0) is 15.3. The van der Waals surface area contributed by atoms with E-state index in [1.54, 1.807) is 26.5 Å². The lowest BCUT2D eigenvalue weighted by molar-refractivity contribution is 0.356. The van der Waals surface area contributed by atoms with Gasteiger partial charge in [-0.1, -0.05) is 0 Å². The topological polar surface area (TPSA) is 64.2 Å². The van der Waals surface area contributed by atoms with Crippen molar-refractivity contribution in [2.24, 2.45) is 0 Å². The van der Waals surface area contributed by atoms with Crippen molar-refractivity contribution in [3.63, 3.8) is 0 Å². The number of hydrogen-bond acceptors (Lipinski definition) is 4. The Morgan fingerprint density at radius 1 is 1.14 bits per heavy atom. The summed E-state index contributed by atoms with van der Waals surface area (Å²) in [6.07, 6.45) is 2.48. The van der Waals surface area contributed by atoms with Gasteiger partial charge >= 0.3 is 0 Å². The van der Waals surface area contributed by atoms with Gasteiger partial charge in [0.25, 0.3) is 5.56 Å². The standard InChI is InChI=1S/C17H14N2O3/c1-21-14-7-10-11-6-13-9(4-3-5-18-13)16(11)19-17(20)12(10)8-15(14)22-2/h3-5,7-8H,6H2,1-2H3,(H,19,20). The maximum Gasteiger partial charge on any atom is 0.256 e. The number of aromatic amines is 1. The summed E-state index contributed by atoms with van der Waals surface area (Å²) >= 11 is 0. The van der Waals surface area contributed by atoms with E-state index >= 15 is 0 Å². The summed E-state index contributed by atoms with van der Waals surface area (Å²) < 4.78 is 10.7. The SMILES string of the molecule is COc1cc2c3c([nH]c(=O)c2cc1OC)-c1cccnc1C3. The van der Waals surface area contributed by atoms with Gasteiger partial charge in [0.05, 0.1) is 31.0 Å². The summed E-state index contributed by atoms with van der Waals surface area (Å²) in [6.45, 7) is 0. The Morgan fingerprint density at radius 2 is 1.86 bits per heavy atom. The largest absolute Gasteiger partial charge is 0.493 e. The third kappa shape index (κ3) is 1.65. The molecule has 5 nitrogen and oxygen atoms in total. The molecule has 1 aliphatic rings. The number of fused-ring (bicyclic) bond motifs is 5. The van der Waals surface area contributed by atoms with E-state index < -0.39 is 0 Å². The average Bonchev–Trinajstić information content (AvgIpc) is 2.92. The molecular formula is C17H14N2O3. The summed E-state index contributed by atoms with van der Waals surface area (Å²) in [7, 11) is 3.15. The number of methoxy groups -OCH3 is 2. The number of benzene rings is 1. The Morgan fingerprint density at radius 3 is 2.59 bits per heavy atom. The van der Waals surface area contributed by atoms with E-state index in [4.69, 9.17) is 9.47 Å².